The van der Waals surface area contributed by atoms with Gasteiger partial charge in [-0.3, -0.25) is 0 Å². The summed E-state index contributed by atoms with van der Waals surface area (Å²) in [6, 6.07) is 32.3. The predicted octanol–water partition coefficient (Wildman–Crippen LogP) is 6.98. The van der Waals surface area contributed by atoms with Gasteiger partial charge in [-0.05, 0) is 59.9 Å². The van der Waals surface area contributed by atoms with Gasteiger partial charge >= 0.3 is 6.15 Å². The molecule has 0 bridgehead atoms. The SMILES string of the molecule is CCCc1nc2c(C)cc(-c3nc4ccccc4n3C)cc2n1Cc1ccc(-c2ccccc2)cc1.O=C=O. The standard InChI is InChI=1S/C32H30N4.CO2/c1-4-10-30-34-31-22(2)19-26(32-33-27-13-8-9-14-28(27)35(32)3)20-29(31)36(30)21-23-15-17-25(18-16-23)24-11-6-5-7-12-24;2-1-3/h5-9,11-20H,4,10,21H2,1-3H3;. The van der Waals surface area contributed by atoms with Crippen molar-refractivity contribution in [3.8, 4) is 22.5 Å². The van der Waals surface area contributed by atoms with Crippen molar-refractivity contribution in [2.24, 2.45) is 7.05 Å². The highest BCUT2D eigenvalue weighted by Gasteiger charge is 2.17. The second-order valence-electron chi connectivity index (χ2n) is 9.65. The first-order valence-electron chi connectivity index (χ1n) is 13.1. The van der Waals surface area contributed by atoms with Crippen LogP contribution in [0.4, 0.5) is 0 Å². The van der Waals surface area contributed by atoms with Gasteiger partial charge in [-0.1, -0.05) is 73.7 Å². The van der Waals surface area contributed by atoms with Crippen molar-refractivity contribution >= 4 is 28.2 Å². The third-order valence-corrected chi connectivity index (χ3v) is 7.04. The minimum Gasteiger partial charge on any atom is -0.327 e. The van der Waals surface area contributed by atoms with E-state index in [2.05, 4.69) is 115 Å². The molecule has 0 fully saturated rings. The normalized spacial score (nSPS) is 10.8. The zero-order valence-corrected chi connectivity index (χ0v) is 22.4. The average molecular weight is 515 g/mol. The molecule has 0 atom stereocenters. The number of benzene rings is 4. The molecule has 6 aromatic rings. The third kappa shape index (κ3) is 5.15. The Morgan fingerprint density at radius 2 is 1.44 bits per heavy atom. The Labute approximate surface area is 227 Å². The first kappa shape index (κ1) is 25.8. The molecule has 6 nitrogen and oxygen atoms in total. The van der Waals surface area contributed by atoms with E-state index in [0.29, 0.717) is 0 Å². The van der Waals surface area contributed by atoms with Crippen LogP contribution in [0.1, 0.15) is 30.3 Å². The number of imidazole rings is 2. The van der Waals surface area contributed by atoms with Gasteiger partial charge in [0.15, 0.2) is 0 Å². The fourth-order valence-electron chi connectivity index (χ4n) is 5.18. The van der Waals surface area contributed by atoms with Gasteiger partial charge in [-0.2, -0.15) is 9.59 Å². The molecule has 2 aromatic heterocycles. The van der Waals surface area contributed by atoms with Crippen LogP contribution >= 0.6 is 0 Å². The summed E-state index contributed by atoms with van der Waals surface area (Å²) >= 11 is 0. The summed E-state index contributed by atoms with van der Waals surface area (Å²) < 4.78 is 4.58. The highest BCUT2D eigenvalue weighted by molar-refractivity contribution is 5.87. The molecule has 2 heterocycles. The molecule has 0 spiro atoms. The highest BCUT2D eigenvalue weighted by Crippen LogP contribution is 2.31. The van der Waals surface area contributed by atoms with Crippen molar-refractivity contribution in [2.45, 2.75) is 33.2 Å². The monoisotopic (exact) mass is 514 g/mol. The zero-order valence-electron chi connectivity index (χ0n) is 22.4. The molecule has 6 heteroatoms. The lowest BCUT2D eigenvalue weighted by atomic mass is 10.0. The second kappa shape index (κ2) is 11.3. The summed E-state index contributed by atoms with van der Waals surface area (Å²) in [7, 11) is 2.10. The maximum absolute atomic E-state index is 8.12. The number of aryl methyl sites for hydroxylation is 3. The number of carbonyl (C=O) groups excluding carboxylic acids is 2. The Kier molecular flexibility index (Phi) is 7.48. The molecule has 6 rings (SSSR count). The molecule has 0 saturated heterocycles. The Morgan fingerprint density at radius 3 is 2.13 bits per heavy atom. The third-order valence-electron chi connectivity index (χ3n) is 7.04. The van der Waals surface area contributed by atoms with Crippen molar-refractivity contribution in [3.63, 3.8) is 0 Å². The predicted molar refractivity (Wildman–Crippen MR) is 154 cm³/mol. The summed E-state index contributed by atoms with van der Waals surface area (Å²) in [6.45, 7) is 5.18. The van der Waals surface area contributed by atoms with Crippen LogP contribution in [0.3, 0.4) is 0 Å². The Hall–Kier alpha value is -4.80. The first-order valence-corrected chi connectivity index (χ1v) is 13.1. The number of fused-ring (bicyclic) bond motifs is 2. The van der Waals surface area contributed by atoms with Gasteiger partial charge < -0.3 is 9.13 Å². The summed E-state index contributed by atoms with van der Waals surface area (Å²) in [5, 5.41) is 0. The number of rotatable bonds is 6. The van der Waals surface area contributed by atoms with Gasteiger partial charge in [0.1, 0.15) is 11.6 Å². The molecule has 0 aliphatic heterocycles. The van der Waals surface area contributed by atoms with Crippen LogP contribution in [0.15, 0.2) is 91.0 Å². The molecule has 0 amide bonds. The summed E-state index contributed by atoms with van der Waals surface area (Å²) in [6.07, 6.45) is 2.27. The van der Waals surface area contributed by atoms with Crippen LogP contribution in [0.5, 0.6) is 0 Å². The molecule has 0 aliphatic rings. The molecule has 0 N–H and O–H groups in total. The van der Waals surface area contributed by atoms with Crippen LogP contribution in [0.25, 0.3) is 44.6 Å². The number of aromatic nitrogens is 4. The quantitative estimate of drug-likeness (QED) is 0.240. The highest BCUT2D eigenvalue weighted by atomic mass is 16.2. The van der Waals surface area contributed by atoms with E-state index in [-0.39, 0.29) is 6.15 Å². The summed E-state index contributed by atoms with van der Waals surface area (Å²) in [5.41, 5.74) is 10.5. The summed E-state index contributed by atoms with van der Waals surface area (Å²) in [5.74, 6) is 2.13. The fourth-order valence-corrected chi connectivity index (χ4v) is 5.18. The van der Waals surface area contributed by atoms with E-state index in [9.17, 15) is 0 Å². The van der Waals surface area contributed by atoms with Crippen molar-refractivity contribution in [1.29, 1.82) is 0 Å². The van der Waals surface area contributed by atoms with Gasteiger partial charge in [-0.25, -0.2) is 9.97 Å². The van der Waals surface area contributed by atoms with Crippen LogP contribution in [0.2, 0.25) is 0 Å². The van der Waals surface area contributed by atoms with E-state index in [1.807, 2.05) is 6.07 Å². The van der Waals surface area contributed by atoms with Crippen molar-refractivity contribution in [3.05, 3.63) is 108 Å². The number of para-hydroxylation sites is 2. The van der Waals surface area contributed by atoms with Crippen LogP contribution in [-0.2, 0) is 29.6 Å². The molecule has 194 valence electrons. The topological polar surface area (TPSA) is 69.8 Å². The van der Waals surface area contributed by atoms with E-state index in [1.54, 1.807) is 0 Å². The smallest absolute Gasteiger partial charge is 0.327 e. The van der Waals surface area contributed by atoms with Crippen LogP contribution < -0.4 is 0 Å². The van der Waals surface area contributed by atoms with E-state index >= 15 is 0 Å². The van der Waals surface area contributed by atoms with E-state index in [0.717, 1.165) is 53.1 Å². The lowest BCUT2D eigenvalue weighted by Gasteiger charge is -2.11. The molecule has 0 unspecified atom stereocenters. The minimum absolute atomic E-state index is 0.250. The Balaban J connectivity index is 0.000000983. The Bertz CT molecular complexity index is 1770. The second-order valence-corrected chi connectivity index (χ2v) is 9.65. The van der Waals surface area contributed by atoms with Gasteiger partial charge in [0.2, 0.25) is 0 Å². The lowest BCUT2D eigenvalue weighted by molar-refractivity contribution is -0.191. The Morgan fingerprint density at radius 1 is 0.769 bits per heavy atom. The molecule has 0 radical (unpaired) electrons. The minimum atomic E-state index is 0.250. The molecule has 4 aromatic carbocycles. The zero-order chi connectivity index (χ0) is 27.4. The van der Waals surface area contributed by atoms with E-state index < -0.39 is 0 Å². The largest absolute Gasteiger partial charge is 0.373 e. The molecular formula is C33H30N4O2. The van der Waals surface area contributed by atoms with Gasteiger partial charge in [0.25, 0.3) is 0 Å². The van der Waals surface area contributed by atoms with E-state index in [4.69, 9.17) is 19.6 Å². The molecule has 39 heavy (non-hydrogen) atoms. The molecule has 0 saturated carbocycles. The lowest BCUT2D eigenvalue weighted by Crippen LogP contribution is -2.05. The number of nitrogens with zero attached hydrogens (tertiary/aromatic N) is 4. The summed E-state index contributed by atoms with van der Waals surface area (Å²) in [4.78, 5) is 26.3. The van der Waals surface area contributed by atoms with Gasteiger partial charge in [0.05, 0.1) is 22.1 Å². The van der Waals surface area contributed by atoms with E-state index in [1.165, 1.54) is 27.8 Å². The maximum atomic E-state index is 8.12. The number of hydrogen-bond donors (Lipinski definition) is 0. The van der Waals surface area contributed by atoms with Crippen molar-refractivity contribution < 1.29 is 9.59 Å². The van der Waals surface area contributed by atoms with Gasteiger partial charge in [0, 0.05) is 25.6 Å². The van der Waals surface area contributed by atoms with Crippen molar-refractivity contribution in [1.82, 2.24) is 19.1 Å². The average Bonchev–Trinajstić information content (AvgIpc) is 3.48. The number of hydrogen-bond acceptors (Lipinski definition) is 4. The van der Waals surface area contributed by atoms with Gasteiger partial charge in [-0.15, -0.1) is 0 Å². The van der Waals surface area contributed by atoms with Crippen molar-refractivity contribution in [2.75, 3.05) is 0 Å². The molecule has 0 aliphatic carbocycles. The first-order chi connectivity index (χ1) is 19.0. The van der Waals surface area contributed by atoms with Crippen LogP contribution in [0, 0.1) is 6.92 Å². The maximum Gasteiger partial charge on any atom is 0.373 e. The fraction of sp³-hybridized carbons (Fsp3) is 0.182. The molecular weight excluding hydrogens is 484 g/mol. The van der Waals surface area contributed by atoms with Crippen LogP contribution in [-0.4, -0.2) is 25.3 Å².